The first-order chi connectivity index (χ1) is 13.3. The summed E-state index contributed by atoms with van der Waals surface area (Å²) in [5.41, 5.74) is 3.84. The number of carbonyl (C=O) groups is 1. The van der Waals surface area contributed by atoms with Crippen LogP contribution in [0.1, 0.15) is 21.9 Å². The molecule has 0 unspecified atom stereocenters. The van der Waals surface area contributed by atoms with E-state index in [1.165, 1.54) is 0 Å². The number of rotatable bonds is 5. The number of carbonyl (C=O) groups excluding carboxylic acids is 1. The van der Waals surface area contributed by atoms with E-state index in [0.29, 0.717) is 22.4 Å². The summed E-state index contributed by atoms with van der Waals surface area (Å²) >= 11 is 5.97. The van der Waals surface area contributed by atoms with Gasteiger partial charge in [-0.25, -0.2) is 9.97 Å². The standard InChI is InChI=1S/C21H22ClN5O/c1-13-11-15(22)5-10-18(13)26-21(28)19-12-20(24-14(2)23-19)25-16-6-8-17(9-7-16)27(3)4/h5-12H,1-4H3,(H,26,28)(H,23,24,25). The number of amides is 1. The lowest BCUT2D eigenvalue weighted by atomic mass is 10.2. The van der Waals surface area contributed by atoms with Gasteiger partial charge in [0.15, 0.2) is 0 Å². The molecular weight excluding hydrogens is 374 g/mol. The van der Waals surface area contributed by atoms with Gasteiger partial charge < -0.3 is 15.5 Å². The van der Waals surface area contributed by atoms with Gasteiger partial charge in [-0.1, -0.05) is 11.6 Å². The van der Waals surface area contributed by atoms with Crippen molar-refractivity contribution in [2.75, 3.05) is 29.6 Å². The highest BCUT2D eigenvalue weighted by Gasteiger charge is 2.12. The van der Waals surface area contributed by atoms with E-state index in [1.807, 2.05) is 50.2 Å². The highest BCUT2D eigenvalue weighted by molar-refractivity contribution is 6.30. The first-order valence-corrected chi connectivity index (χ1v) is 9.17. The molecule has 1 amide bonds. The van der Waals surface area contributed by atoms with Gasteiger partial charge in [0.25, 0.3) is 5.91 Å². The lowest BCUT2D eigenvalue weighted by Gasteiger charge is -2.14. The lowest BCUT2D eigenvalue weighted by Crippen LogP contribution is -2.16. The van der Waals surface area contributed by atoms with Crippen LogP contribution in [0.3, 0.4) is 0 Å². The van der Waals surface area contributed by atoms with Crippen molar-refractivity contribution in [2.24, 2.45) is 0 Å². The Hall–Kier alpha value is -3.12. The molecule has 0 bridgehead atoms. The SMILES string of the molecule is Cc1nc(Nc2ccc(N(C)C)cc2)cc(C(=O)Nc2ccc(Cl)cc2C)n1. The normalized spacial score (nSPS) is 10.5. The Morgan fingerprint density at radius 2 is 1.71 bits per heavy atom. The summed E-state index contributed by atoms with van der Waals surface area (Å²) in [4.78, 5) is 23.3. The van der Waals surface area contributed by atoms with Crippen molar-refractivity contribution in [3.05, 3.63) is 70.6 Å². The van der Waals surface area contributed by atoms with Gasteiger partial charge in [0.2, 0.25) is 0 Å². The fourth-order valence-electron chi connectivity index (χ4n) is 2.69. The van der Waals surface area contributed by atoms with Crippen molar-refractivity contribution in [3.8, 4) is 0 Å². The molecule has 1 heterocycles. The number of hydrogen-bond donors (Lipinski definition) is 2. The van der Waals surface area contributed by atoms with Gasteiger partial charge in [-0.15, -0.1) is 0 Å². The summed E-state index contributed by atoms with van der Waals surface area (Å²) in [7, 11) is 3.98. The molecule has 0 saturated carbocycles. The van der Waals surface area contributed by atoms with Crippen LogP contribution < -0.4 is 15.5 Å². The Kier molecular flexibility index (Phi) is 5.80. The van der Waals surface area contributed by atoms with Gasteiger partial charge in [-0.3, -0.25) is 4.79 Å². The zero-order chi connectivity index (χ0) is 20.3. The maximum atomic E-state index is 12.7. The van der Waals surface area contributed by atoms with Crippen LogP contribution in [0.25, 0.3) is 0 Å². The number of aromatic nitrogens is 2. The minimum atomic E-state index is -0.304. The van der Waals surface area contributed by atoms with Crippen LogP contribution in [0, 0.1) is 13.8 Å². The first kappa shape index (κ1) is 19.6. The molecule has 0 aliphatic carbocycles. The average molecular weight is 396 g/mol. The molecule has 7 heteroatoms. The van der Waals surface area contributed by atoms with E-state index < -0.39 is 0 Å². The molecule has 0 saturated heterocycles. The van der Waals surface area contributed by atoms with Crippen LogP contribution >= 0.6 is 11.6 Å². The van der Waals surface area contributed by atoms with Gasteiger partial charge in [0.05, 0.1) is 0 Å². The Morgan fingerprint density at radius 1 is 1.00 bits per heavy atom. The fourth-order valence-corrected chi connectivity index (χ4v) is 2.92. The number of benzene rings is 2. The first-order valence-electron chi connectivity index (χ1n) is 8.79. The summed E-state index contributed by atoms with van der Waals surface area (Å²) in [5, 5.41) is 6.72. The second-order valence-corrected chi connectivity index (χ2v) is 7.10. The zero-order valence-electron chi connectivity index (χ0n) is 16.2. The van der Waals surface area contributed by atoms with Crippen LogP contribution in [0.2, 0.25) is 5.02 Å². The topological polar surface area (TPSA) is 70.2 Å². The van der Waals surface area contributed by atoms with E-state index in [-0.39, 0.29) is 11.6 Å². The maximum Gasteiger partial charge on any atom is 0.274 e. The predicted molar refractivity (Wildman–Crippen MR) is 115 cm³/mol. The molecule has 0 fully saturated rings. The minimum absolute atomic E-state index is 0.286. The van der Waals surface area contributed by atoms with E-state index in [1.54, 1.807) is 31.2 Å². The third-order valence-corrected chi connectivity index (χ3v) is 4.40. The molecule has 1 aromatic heterocycles. The van der Waals surface area contributed by atoms with Crippen LogP contribution in [-0.4, -0.2) is 30.0 Å². The van der Waals surface area contributed by atoms with Crippen molar-refractivity contribution in [2.45, 2.75) is 13.8 Å². The lowest BCUT2D eigenvalue weighted by molar-refractivity contribution is 0.102. The van der Waals surface area contributed by atoms with E-state index in [4.69, 9.17) is 11.6 Å². The van der Waals surface area contributed by atoms with Crippen molar-refractivity contribution in [1.29, 1.82) is 0 Å². The largest absolute Gasteiger partial charge is 0.378 e. The fraction of sp³-hybridized carbons (Fsp3) is 0.190. The van der Waals surface area contributed by atoms with E-state index >= 15 is 0 Å². The smallest absolute Gasteiger partial charge is 0.274 e. The highest BCUT2D eigenvalue weighted by atomic mass is 35.5. The van der Waals surface area contributed by atoms with Crippen molar-refractivity contribution >= 4 is 40.4 Å². The third kappa shape index (κ3) is 4.78. The van der Waals surface area contributed by atoms with Crippen LogP contribution in [-0.2, 0) is 0 Å². The highest BCUT2D eigenvalue weighted by Crippen LogP contribution is 2.22. The van der Waals surface area contributed by atoms with Crippen LogP contribution in [0.15, 0.2) is 48.5 Å². The minimum Gasteiger partial charge on any atom is -0.378 e. The Balaban J connectivity index is 1.79. The Labute approximate surface area is 169 Å². The molecule has 144 valence electrons. The maximum absolute atomic E-state index is 12.7. The molecule has 0 atom stereocenters. The van der Waals surface area contributed by atoms with Crippen LogP contribution in [0.5, 0.6) is 0 Å². The molecule has 0 spiro atoms. The van der Waals surface area contributed by atoms with E-state index in [9.17, 15) is 4.79 Å². The molecule has 0 aliphatic heterocycles. The van der Waals surface area contributed by atoms with Crippen LogP contribution in [0.4, 0.5) is 22.9 Å². The molecular formula is C21H22ClN5O. The monoisotopic (exact) mass is 395 g/mol. The third-order valence-electron chi connectivity index (χ3n) is 4.16. The molecule has 2 aromatic carbocycles. The number of nitrogens with zero attached hydrogens (tertiary/aromatic N) is 3. The number of hydrogen-bond acceptors (Lipinski definition) is 5. The van der Waals surface area contributed by atoms with E-state index in [2.05, 4.69) is 20.6 Å². The van der Waals surface area contributed by atoms with Crippen molar-refractivity contribution < 1.29 is 4.79 Å². The Bertz CT molecular complexity index is 1000. The molecule has 3 rings (SSSR count). The molecule has 0 aliphatic rings. The number of aryl methyl sites for hydroxylation is 2. The summed E-state index contributed by atoms with van der Waals surface area (Å²) in [6.45, 7) is 3.64. The number of anilines is 4. The zero-order valence-corrected chi connectivity index (χ0v) is 17.0. The average Bonchev–Trinajstić information content (AvgIpc) is 2.64. The molecule has 2 N–H and O–H groups in total. The molecule has 6 nitrogen and oxygen atoms in total. The van der Waals surface area contributed by atoms with E-state index in [0.717, 1.165) is 16.9 Å². The number of halogens is 1. The van der Waals surface area contributed by atoms with Crippen molar-refractivity contribution in [3.63, 3.8) is 0 Å². The second-order valence-electron chi connectivity index (χ2n) is 6.67. The molecule has 3 aromatic rings. The summed E-state index contributed by atoms with van der Waals surface area (Å²) in [6.07, 6.45) is 0. The summed E-state index contributed by atoms with van der Waals surface area (Å²) < 4.78 is 0. The second kappa shape index (κ2) is 8.27. The van der Waals surface area contributed by atoms with Gasteiger partial charge in [0, 0.05) is 42.2 Å². The van der Waals surface area contributed by atoms with Crippen molar-refractivity contribution in [1.82, 2.24) is 9.97 Å². The van der Waals surface area contributed by atoms with Gasteiger partial charge >= 0.3 is 0 Å². The van der Waals surface area contributed by atoms with Gasteiger partial charge in [-0.2, -0.15) is 0 Å². The quantitative estimate of drug-likeness (QED) is 0.648. The van der Waals surface area contributed by atoms with Gasteiger partial charge in [0.1, 0.15) is 17.3 Å². The summed E-state index contributed by atoms with van der Waals surface area (Å²) in [6, 6.07) is 14.9. The predicted octanol–water partition coefficient (Wildman–Crippen LogP) is 4.81. The Morgan fingerprint density at radius 3 is 2.36 bits per heavy atom. The number of nitrogens with one attached hydrogen (secondary N) is 2. The van der Waals surface area contributed by atoms with Gasteiger partial charge in [-0.05, 0) is 61.9 Å². The molecule has 28 heavy (non-hydrogen) atoms. The summed E-state index contributed by atoms with van der Waals surface area (Å²) in [5.74, 6) is 0.762. The molecule has 0 radical (unpaired) electrons.